The molecule has 22 heavy (non-hydrogen) atoms. The number of ketones is 1. The number of rotatable bonds is 1. The predicted molar refractivity (Wildman–Crippen MR) is 84.6 cm³/mol. The van der Waals surface area contributed by atoms with E-state index in [4.69, 9.17) is 0 Å². The van der Waals surface area contributed by atoms with Crippen LogP contribution in [0.25, 0.3) is 0 Å². The number of hydrogen-bond acceptors (Lipinski definition) is 5. The molecule has 3 rings (SSSR count). The molecule has 0 fully saturated rings. The van der Waals surface area contributed by atoms with Crippen LogP contribution >= 0.6 is 0 Å². The van der Waals surface area contributed by atoms with E-state index in [1.165, 1.54) is 6.34 Å². The summed E-state index contributed by atoms with van der Waals surface area (Å²) in [5.74, 6) is -0.118. The number of benzene rings is 1. The highest BCUT2D eigenvalue weighted by Crippen LogP contribution is 2.28. The van der Waals surface area contributed by atoms with Crippen molar-refractivity contribution in [2.45, 2.75) is 13.8 Å². The number of hydroxylamine groups is 2. The Morgan fingerprint density at radius 3 is 2.45 bits per heavy atom. The first kappa shape index (κ1) is 14.2. The second-order valence-corrected chi connectivity index (χ2v) is 5.14. The first-order valence-electron chi connectivity index (χ1n) is 6.89. The van der Waals surface area contributed by atoms with Crippen molar-refractivity contribution < 1.29 is 10.0 Å². The smallest absolute Gasteiger partial charge is 0.191 e. The molecule has 1 heterocycles. The maximum Gasteiger partial charge on any atom is 0.191 e. The highest BCUT2D eigenvalue weighted by molar-refractivity contribution is 6.22. The van der Waals surface area contributed by atoms with Gasteiger partial charge < -0.3 is 0 Å². The molecular formula is C17H15N3O2. The molecule has 0 spiro atoms. The first-order chi connectivity index (χ1) is 10.6. The zero-order valence-electron chi connectivity index (χ0n) is 12.3. The summed E-state index contributed by atoms with van der Waals surface area (Å²) >= 11 is 0. The third-order valence-corrected chi connectivity index (χ3v) is 3.62. The molecule has 1 aliphatic carbocycles. The molecule has 2 aliphatic rings. The Morgan fingerprint density at radius 2 is 1.73 bits per heavy atom. The molecule has 0 radical (unpaired) electrons. The monoisotopic (exact) mass is 293 g/mol. The lowest BCUT2D eigenvalue weighted by molar-refractivity contribution is -0.112. The second-order valence-electron chi connectivity index (χ2n) is 5.14. The van der Waals surface area contributed by atoms with E-state index in [1.807, 2.05) is 43.3 Å². The van der Waals surface area contributed by atoms with E-state index in [-0.39, 0.29) is 5.78 Å². The molecular weight excluding hydrogens is 278 g/mol. The Balaban J connectivity index is 2.23. The third-order valence-electron chi connectivity index (χ3n) is 3.62. The molecule has 0 unspecified atom stereocenters. The Labute approximate surface area is 128 Å². The van der Waals surface area contributed by atoms with Crippen LogP contribution in [0.2, 0.25) is 0 Å². The van der Waals surface area contributed by atoms with Crippen LogP contribution in [-0.2, 0) is 4.79 Å². The highest BCUT2D eigenvalue weighted by atomic mass is 16.5. The fourth-order valence-electron chi connectivity index (χ4n) is 2.45. The predicted octanol–water partition coefficient (Wildman–Crippen LogP) is 2.85. The molecule has 0 saturated carbocycles. The minimum Gasteiger partial charge on any atom is -0.289 e. The average Bonchev–Trinajstić information content (AvgIpc) is 2.53. The minimum absolute atomic E-state index is 0.118. The number of allylic oxidation sites excluding steroid dienone is 6. The number of nitrogens with zero attached hydrogens (tertiary/aromatic N) is 3. The molecule has 0 bridgehead atoms. The highest BCUT2D eigenvalue weighted by Gasteiger charge is 2.29. The van der Waals surface area contributed by atoms with E-state index < -0.39 is 0 Å². The molecule has 5 nitrogen and oxygen atoms in total. The maximum atomic E-state index is 12.6. The molecule has 0 atom stereocenters. The molecule has 1 N–H and O–H groups in total. The zero-order chi connectivity index (χ0) is 15.7. The summed E-state index contributed by atoms with van der Waals surface area (Å²) in [5.41, 5.74) is 3.45. The van der Waals surface area contributed by atoms with Gasteiger partial charge in [0.1, 0.15) is 17.7 Å². The summed E-state index contributed by atoms with van der Waals surface area (Å²) < 4.78 is 0. The topological polar surface area (TPSA) is 65.3 Å². The van der Waals surface area contributed by atoms with Gasteiger partial charge in [0.25, 0.3) is 0 Å². The zero-order valence-corrected chi connectivity index (χ0v) is 12.3. The van der Waals surface area contributed by atoms with Crippen molar-refractivity contribution in [2.75, 3.05) is 0 Å². The summed E-state index contributed by atoms with van der Waals surface area (Å²) in [5, 5.41) is 19.0. The van der Waals surface area contributed by atoms with Crippen LogP contribution in [0.5, 0.6) is 0 Å². The van der Waals surface area contributed by atoms with Gasteiger partial charge in [-0.2, -0.15) is 0 Å². The van der Waals surface area contributed by atoms with E-state index in [1.54, 1.807) is 13.0 Å². The van der Waals surface area contributed by atoms with E-state index >= 15 is 0 Å². The van der Waals surface area contributed by atoms with Gasteiger partial charge in [-0.15, -0.1) is 10.2 Å². The van der Waals surface area contributed by atoms with Gasteiger partial charge in [-0.05, 0) is 25.0 Å². The number of carbonyl (C=O) groups is 1. The SMILES string of the molecule is CC1=CC=C(C)/C(=C2\C(c3ccccc3)=NN=CN2O)C1=O. The van der Waals surface area contributed by atoms with Crippen LogP contribution in [0, 0.1) is 0 Å². The number of Topliss-reactive ketones (excluding diaryl/α,β-unsaturated/α-hetero) is 1. The molecule has 1 aromatic carbocycles. The molecule has 1 aromatic rings. The lowest BCUT2D eigenvalue weighted by Crippen LogP contribution is -2.30. The molecule has 0 aromatic heterocycles. The lowest BCUT2D eigenvalue weighted by atomic mass is 9.89. The van der Waals surface area contributed by atoms with Gasteiger partial charge in [-0.1, -0.05) is 42.5 Å². The van der Waals surface area contributed by atoms with Crippen LogP contribution in [0.15, 0.2) is 75.1 Å². The van der Waals surface area contributed by atoms with Gasteiger partial charge in [-0.3, -0.25) is 10.0 Å². The van der Waals surface area contributed by atoms with Crippen molar-refractivity contribution in [3.05, 3.63) is 70.5 Å². The van der Waals surface area contributed by atoms with E-state index in [0.717, 1.165) is 16.2 Å². The Bertz CT molecular complexity index is 779. The van der Waals surface area contributed by atoms with Gasteiger partial charge in [-0.25, -0.2) is 5.06 Å². The Hall–Kier alpha value is -2.79. The Kier molecular flexibility index (Phi) is 3.56. The van der Waals surface area contributed by atoms with Gasteiger partial charge in [0.15, 0.2) is 5.78 Å². The van der Waals surface area contributed by atoms with Crippen molar-refractivity contribution in [1.82, 2.24) is 5.06 Å². The second kappa shape index (κ2) is 5.54. The van der Waals surface area contributed by atoms with Crippen LogP contribution in [0.1, 0.15) is 19.4 Å². The summed E-state index contributed by atoms with van der Waals surface area (Å²) in [6.45, 7) is 3.59. The largest absolute Gasteiger partial charge is 0.289 e. The van der Waals surface area contributed by atoms with Crippen molar-refractivity contribution in [3.63, 3.8) is 0 Å². The van der Waals surface area contributed by atoms with Gasteiger partial charge in [0, 0.05) is 5.56 Å². The van der Waals surface area contributed by atoms with Gasteiger partial charge >= 0.3 is 0 Å². The maximum absolute atomic E-state index is 12.6. The van der Waals surface area contributed by atoms with E-state index in [0.29, 0.717) is 22.6 Å². The normalized spacial score (nSPS) is 21.5. The van der Waals surface area contributed by atoms with Gasteiger partial charge in [0.05, 0.1) is 5.57 Å². The fourth-order valence-corrected chi connectivity index (χ4v) is 2.45. The molecule has 0 amide bonds. The molecule has 5 heteroatoms. The summed E-state index contributed by atoms with van der Waals surface area (Å²) in [7, 11) is 0. The summed E-state index contributed by atoms with van der Waals surface area (Å²) in [6, 6.07) is 9.36. The van der Waals surface area contributed by atoms with E-state index in [2.05, 4.69) is 10.2 Å². The standard InChI is InChI=1S/C17H15N3O2/c1-11-8-9-12(2)17(21)14(11)16-15(19-18-10-20(16)22)13-6-4-3-5-7-13/h3-10,22H,1-2H3/b16-14-. The van der Waals surface area contributed by atoms with Crippen molar-refractivity contribution >= 4 is 17.8 Å². The fraction of sp³-hybridized carbons (Fsp3) is 0.118. The molecule has 1 aliphatic heterocycles. The Morgan fingerprint density at radius 1 is 1.05 bits per heavy atom. The van der Waals surface area contributed by atoms with Gasteiger partial charge in [0.2, 0.25) is 0 Å². The average molecular weight is 293 g/mol. The van der Waals surface area contributed by atoms with Crippen molar-refractivity contribution in [1.29, 1.82) is 0 Å². The van der Waals surface area contributed by atoms with Crippen LogP contribution in [-0.4, -0.2) is 28.1 Å². The van der Waals surface area contributed by atoms with Crippen molar-refractivity contribution in [3.8, 4) is 0 Å². The first-order valence-corrected chi connectivity index (χ1v) is 6.89. The lowest BCUT2D eigenvalue weighted by Gasteiger charge is -2.24. The number of carbonyl (C=O) groups excluding carboxylic acids is 1. The summed E-state index contributed by atoms with van der Waals surface area (Å²) in [4.78, 5) is 12.6. The van der Waals surface area contributed by atoms with E-state index in [9.17, 15) is 10.0 Å². The third kappa shape index (κ3) is 2.31. The number of hydrogen-bond donors (Lipinski definition) is 1. The van der Waals surface area contributed by atoms with Crippen LogP contribution in [0.3, 0.4) is 0 Å². The quantitative estimate of drug-likeness (QED) is 0.810. The van der Waals surface area contributed by atoms with Crippen molar-refractivity contribution in [2.24, 2.45) is 10.2 Å². The minimum atomic E-state index is -0.118. The molecule has 110 valence electrons. The van der Waals surface area contributed by atoms with Crippen LogP contribution in [0.4, 0.5) is 0 Å². The van der Waals surface area contributed by atoms with Crippen LogP contribution < -0.4 is 0 Å². The molecule has 0 saturated heterocycles. The summed E-state index contributed by atoms with van der Waals surface area (Å²) in [6.07, 6.45) is 4.82.